The summed E-state index contributed by atoms with van der Waals surface area (Å²) in [6.45, 7) is 5.20. The van der Waals surface area contributed by atoms with Gasteiger partial charge in [0.2, 0.25) is 0 Å². The molecule has 0 radical (unpaired) electrons. The molecule has 2 N–H and O–H groups in total. The van der Waals surface area contributed by atoms with Crippen molar-refractivity contribution in [3.05, 3.63) is 29.8 Å². The molecule has 1 aromatic carbocycles. The van der Waals surface area contributed by atoms with Crippen LogP contribution < -0.4 is 10.2 Å². The second kappa shape index (κ2) is 7.09. The SMILES string of the molecule is CC(C)NCc1ccccc1N(C)C1CCCCC1O. The van der Waals surface area contributed by atoms with E-state index in [-0.39, 0.29) is 12.1 Å². The molecule has 2 rings (SSSR count). The summed E-state index contributed by atoms with van der Waals surface area (Å²) in [6.07, 6.45) is 4.20. The fraction of sp³-hybridized carbons (Fsp3) is 0.647. The van der Waals surface area contributed by atoms with Gasteiger partial charge in [0.1, 0.15) is 0 Å². The number of benzene rings is 1. The zero-order chi connectivity index (χ0) is 14.5. The second-order valence-corrected chi connectivity index (χ2v) is 6.19. The molecule has 20 heavy (non-hydrogen) atoms. The molecule has 3 nitrogen and oxygen atoms in total. The smallest absolute Gasteiger partial charge is 0.0743 e. The zero-order valence-corrected chi connectivity index (χ0v) is 13.0. The number of para-hydroxylation sites is 1. The van der Waals surface area contributed by atoms with E-state index in [1.165, 1.54) is 17.7 Å². The molecule has 112 valence electrons. The van der Waals surface area contributed by atoms with Crippen LogP contribution in [0.3, 0.4) is 0 Å². The van der Waals surface area contributed by atoms with Crippen LogP contribution in [0.25, 0.3) is 0 Å². The van der Waals surface area contributed by atoms with Gasteiger partial charge in [0.25, 0.3) is 0 Å². The Hall–Kier alpha value is -1.06. The van der Waals surface area contributed by atoms with Gasteiger partial charge in [0.15, 0.2) is 0 Å². The van der Waals surface area contributed by atoms with Crippen molar-refractivity contribution in [2.75, 3.05) is 11.9 Å². The van der Waals surface area contributed by atoms with Crippen LogP contribution >= 0.6 is 0 Å². The average molecular weight is 276 g/mol. The van der Waals surface area contributed by atoms with Crippen molar-refractivity contribution in [2.24, 2.45) is 0 Å². The van der Waals surface area contributed by atoms with Crippen molar-refractivity contribution >= 4 is 5.69 Å². The van der Waals surface area contributed by atoms with Gasteiger partial charge in [-0.15, -0.1) is 0 Å². The predicted octanol–water partition coefficient (Wildman–Crippen LogP) is 2.92. The van der Waals surface area contributed by atoms with E-state index in [0.717, 1.165) is 25.8 Å². The lowest BCUT2D eigenvalue weighted by atomic mass is 9.91. The molecule has 0 heterocycles. The number of nitrogens with one attached hydrogen (secondary N) is 1. The minimum Gasteiger partial charge on any atom is -0.391 e. The first-order valence-electron chi connectivity index (χ1n) is 7.81. The second-order valence-electron chi connectivity index (χ2n) is 6.19. The van der Waals surface area contributed by atoms with E-state index >= 15 is 0 Å². The summed E-state index contributed by atoms with van der Waals surface area (Å²) in [6, 6.07) is 9.25. The fourth-order valence-corrected chi connectivity index (χ4v) is 3.04. The molecule has 0 amide bonds. The summed E-state index contributed by atoms with van der Waals surface area (Å²) in [5.74, 6) is 0. The fourth-order valence-electron chi connectivity index (χ4n) is 3.04. The number of hydrogen-bond donors (Lipinski definition) is 2. The quantitative estimate of drug-likeness (QED) is 0.868. The lowest BCUT2D eigenvalue weighted by Gasteiger charge is -2.37. The first-order valence-corrected chi connectivity index (χ1v) is 7.81. The van der Waals surface area contributed by atoms with E-state index in [2.05, 4.69) is 55.4 Å². The van der Waals surface area contributed by atoms with Crippen molar-refractivity contribution in [1.29, 1.82) is 0 Å². The summed E-state index contributed by atoms with van der Waals surface area (Å²) in [5, 5.41) is 13.7. The first-order chi connectivity index (χ1) is 9.59. The average Bonchev–Trinajstić information content (AvgIpc) is 2.45. The van der Waals surface area contributed by atoms with Crippen LogP contribution in [0, 0.1) is 0 Å². The van der Waals surface area contributed by atoms with Gasteiger partial charge in [-0.3, -0.25) is 0 Å². The maximum atomic E-state index is 10.3. The van der Waals surface area contributed by atoms with E-state index in [9.17, 15) is 5.11 Å². The third kappa shape index (κ3) is 3.74. The number of anilines is 1. The molecule has 1 aliphatic rings. The molecule has 2 atom stereocenters. The third-order valence-electron chi connectivity index (χ3n) is 4.26. The van der Waals surface area contributed by atoms with E-state index < -0.39 is 0 Å². The van der Waals surface area contributed by atoms with Gasteiger partial charge in [0, 0.05) is 25.3 Å². The zero-order valence-electron chi connectivity index (χ0n) is 13.0. The molecule has 1 aromatic rings. The van der Waals surface area contributed by atoms with Crippen molar-refractivity contribution in [3.63, 3.8) is 0 Å². The van der Waals surface area contributed by atoms with Gasteiger partial charge >= 0.3 is 0 Å². The van der Waals surface area contributed by atoms with Gasteiger partial charge < -0.3 is 15.3 Å². The highest BCUT2D eigenvalue weighted by molar-refractivity contribution is 5.54. The molecule has 1 aliphatic carbocycles. The highest BCUT2D eigenvalue weighted by Gasteiger charge is 2.27. The summed E-state index contributed by atoms with van der Waals surface area (Å²) in [4.78, 5) is 2.28. The Morgan fingerprint density at radius 2 is 1.95 bits per heavy atom. The lowest BCUT2D eigenvalue weighted by Crippen LogP contribution is -2.44. The Morgan fingerprint density at radius 1 is 1.25 bits per heavy atom. The molecule has 0 aliphatic heterocycles. The lowest BCUT2D eigenvalue weighted by molar-refractivity contribution is 0.106. The largest absolute Gasteiger partial charge is 0.391 e. The van der Waals surface area contributed by atoms with Crippen molar-refractivity contribution in [3.8, 4) is 0 Å². The number of aliphatic hydroxyl groups is 1. The summed E-state index contributed by atoms with van der Waals surface area (Å²) in [7, 11) is 2.12. The van der Waals surface area contributed by atoms with E-state index in [1.807, 2.05) is 0 Å². The topological polar surface area (TPSA) is 35.5 Å². The Labute approximate surface area is 123 Å². The molecule has 0 aromatic heterocycles. The molecule has 1 fully saturated rings. The Kier molecular flexibility index (Phi) is 5.44. The van der Waals surface area contributed by atoms with E-state index in [0.29, 0.717) is 6.04 Å². The molecular weight excluding hydrogens is 248 g/mol. The van der Waals surface area contributed by atoms with Gasteiger partial charge in [0.05, 0.1) is 12.1 Å². The maximum absolute atomic E-state index is 10.3. The number of rotatable bonds is 5. The summed E-state index contributed by atoms with van der Waals surface area (Å²) in [5.41, 5.74) is 2.55. The molecule has 0 saturated heterocycles. The highest BCUT2D eigenvalue weighted by atomic mass is 16.3. The van der Waals surface area contributed by atoms with Crippen LogP contribution in [-0.4, -0.2) is 30.3 Å². The monoisotopic (exact) mass is 276 g/mol. The Balaban J connectivity index is 2.13. The van der Waals surface area contributed by atoms with Gasteiger partial charge in [-0.1, -0.05) is 44.9 Å². The molecule has 1 saturated carbocycles. The number of likely N-dealkylation sites (N-methyl/N-ethyl adjacent to an activating group) is 1. The number of nitrogens with zero attached hydrogens (tertiary/aromatic N) is 1. The van der Waals surface area contributed by atoms with Gasteiger partial charge in [-0.25, -0.2) is 0 Å². The Morgan fingerprint density at radius 3 is 2.65 bits per heavy atom. The normalized spacial score (nSPS) is 23.1. The minimum atomic E-state index is -0.195. The van der Waals surface area contributed by atoms with Crippen LogP contribution in [-0.2, 0) is 6.54 Å². The first kappa shape index (κ1) is 15.3. The minimum absolute atomic E-state index is 0.195. The highest BCUT2D eigenvalue weighted by Crippen LogP contribution is 2.28. The van der Waals surface area contributed by atoms with Crippen LogP contribution in [0.2, 0.25) is 0 Å². The molecule has 3 heteroatoms. The number of hydrogen-bond acceptors (Lipinski definition) is 3. The van der Waals surface area contributed by atoms with Gasteiger partial charge in [-0.2, -0.15) is 0 Å². The van der Waals surface area contributed by atoms with Gasteiger partial charge in [-0.05, 0) is 24.5 Å². The van der Waals surface area contributed by atoms with Crippen molar-refractivity contribution < 1.29 is 5.11 Å². The van der Waals surface area contributed by atoms with Crippen molar-refractivity contribution in [1.82, 2.24) is 5.32 Å². The molecule has 2 unspecified atom stereocenters. The summed E-state index contributed by atoms with van der Waals surface area (Å²) < 4.78 is 0. The van der Waals surface area contributed by atoms with E-state index in [1.54, 1.807) is 0 Å². The van der Waals surface area contributed by atoms with Crippen molar-refractivity contribution in [2.45, 2.75) is 64.3 Å². The van der Waals surface area contributed by atoms with Crippen LogP contribution in [0.4, 0.5) is 5.69 Å². The third-order valence-corrected chi connectivity index (χ3v) is 4.26. The molecule has 0 spiro atoms. The maximum Gasteiger partial charge on any atom is 0.0743 e. The summed E-state index contributed by atoms with van der Waals surface area (Å²) >= 11 is 0. The Bertz CT molecular complexity index is 419. The molecule has 0 bridgehead atoms. The molecular formula is C17H28N2O. The predicted molar refractivity (Wildman–Crippen MR) is 85.1 cm³/mol. The number of aliphatic hydroxyl groups excluding tert-OH is 1. The van der Waals surface area contributed by atoms with Crippen LogP contribution in [0.1, 0.15) is 45.1 Å². The van der Waals surface area contributed by atoms with Crippen LogP contribution in [0.5, 0.6) is 0 Å². The van der Waals surface area contributed by atoms with Crippen LogP contribution in [0.15, 0.2) is 24.3 Å². The van der Waals surface area contributed by atoms with E-state index in [4.69, 9.17) is 0 Å². The standard InChI is InChI=1S/C17H28N2O/c1-13(2)18-12-14-8-4-5-9-15(14)19(3)16-10-6-7-11-17(16)20/h4-5,8-9,13,16-18,20H,6-7,10-12H2,1-3H3.